The number of carboxylic acids is 1. The standard InChI is InChI=1S/C10H12N2O5S/c13-10(14)8-1-2-9(11-7-8)18(15,16)12-3-5-17-6-4-12/h1-2,7H,3-6H2,(H,13,14). The highest BCUT2D eigenvalue weighted by atomic mass is 32.2. The number of rotatable bonds is 3. The predicted molar refractivity (Wildman–Crippen MR) is 60.8 cm³/mol. The highest BCUT2D eigenvalue weighted by molar-refractivity contribution is 7.89. The molecule has 0 aromatic carbocycles. The summed E-state index contributed by atoms with van der Waals surface area (Å²) in [5.41, 5.74) is -0.0454. The molecule has 1 N–H and O–H groups in total. The molecule has 0 amide bonds. The van der Waals surface area contributed by atoms with Gasteiger partial charge in [0.2, 0.25) is 0 Å². The molecule has 0 bridgehead atoms. The van der Waals surface area contributed by atoms with Crippen LogP contribution in [0.25, 0.3) is 0 Å². The molecular weight excluding hydrogens is 260 g/mol. The summed E-state index contributed by atoms with van der Waals surface area (Å²) < 4.78 is 30.6. The van der Waals surface area contributed by atoms with Crippen molar-refractivity contribution in [2.75, 3.05) is 26.3 Å². The Bertz CT molecular complexity index is 534. The number of aromatic carboxylic acids is 1. The van der Waals surface area contributed by atoms with E-state index in [4.69, 9.17) is 9.84 Å². The number of aromatic nitrogens is 1. The number of sulfonamides is 1. The van der Waals surface area contributed by atoms with E-state index in [0.717, 1.165) is 6.20 Å². The van der Waals surface area contributed by atoms with Gasteiger partial charge in [-0.1, -0.05) is 0 Å². The van der Waals surface area contributed by atoms with Crippen molar-refractivity contribution in [2.45, 2.75) is 5.03 Å². The Morgan fingerprint density at radius 1 is 1.33 bits per heavy atom. The molecule has 1 fully saturated rings. The molecule has 0 saturated carbocycles. The number of morpholine rings is 1. The third kappa shape index (κ3) is 2.50. The van der Waals surface area contributed by atoms with Gasteiger partial charge in [-0.05, 0) is 12.1 Å². The summed E-state index contributed by atoms with van der Waals surface area (Å²) >= 11 is 0. The van der Waals surface area contributed by atoms with E-state index in [2.05, 4.69) is 4.98 Å². The second-order valence-corrected chi connectivity index (χ2v) is 5.59. The fourth-order valence-corrected chi connectivity index (χ4v) is 2.90. The topological polar surface area (TPSA) is 96.8 Å². The van der Waals surface area contributed by atoms with Gasteiger partial charge >= 0.3 is 5.97 Å². The lowest BCUT2D eigenvalue weighted by Gasteiger charge is -2.25. The monoisotopic (exact) mass is 272 g/mol. The van der Waals surface area contributed by atoms with Gasteiger partial charge in [-0.25, -0.2) is 18.2 Å². The van der Waals surface area contributed by atoms with Crippen LogP contribution in [-0.2, 0) is 14.8 Å². The molecule has 8 heteroatoms. The van der Waals surface area contributed by atoms with Crippen molar-refractivity contribution in [3.8, 4) is 0 Å². The summed E-state index contributed by atoms with van der Waals surface area (Å²) in [5.74, 6) is -1.14. The van der Waals surface area contributed by atoms with Crippen LogP contribution in [0.5, 0.6) is 0 Å². The molecule has 98 valence electrons. The van der Waals surface area contributed by atoms with Gasteiger partial charge in [0.05, 0.1) is 18.8 Å². The van der Waals surface area contributed by atoms with Gasteiger partial charge < -0.3 is 9.84 Å². The molecule has 1 saturated heterocycles. The third-order valence-electron chi connectivity index (χ3n) is 2.56. The van der Waals surface area contributed by atoms with Crippen LogP contribution >= 0.6 is 0 Å². The van der Waals surface area contributed by atoms with Gasteiger partial charge in [-0.2, -0.15) is 4.31 Å². The van der Waals surface area contributed by atoms with Crippen molar-refractivity contribution in [1.29, 1.82) is 0 Å². The molecule has 0 spiro atoms. The Hall–Kier alpha value is -1.51. The second kappa shape index (κ2) is 5.01. The van der Waals surface area contributed by atoms with Gasteiger partial charge in [-0.3, -0.25) is 0 Å². The maximum Gasteiger partial charge on any atom is 0.337 e. The van der Waals surface area contributed by atoms with E-state index in [-0.39, 0.29) is 23.7 Å². The average molecular weight is 272 g/mol. The van der Waals surface area contributed by atoms with Crippen molar-refractivity contribution in [3.63, 3.8) is 0 Å². The van der Waals surface area contributed by atoms with Gasteiger partial charge in [0.1, 0.15) is 0 Å². The number of hydrogen-bond acceptors (Lipinski definition) is 5. The molecule has 2 heterocycles. The minimum atomic E-state index is -3.66. The zero-order chi connectivity index (χ0) is 13.2. The number of carboxylic acid groups (broad SMARTS) is 1. The summed E-state index contributed by atoms with van der Waals surface area (Å²) in [4.78, 5) is 14.3. The summed E-state index contributed by atoms with van der Waals surface area (Å²) in [6.45, 7) is 1.27. The Kier molecular flexibility index (Phi) is 3.60. The highest BCUT2D eigenvalue weighted by Gasteiger charge is 2.27. The molecule has 0 unspecified atom stereocenters. The Labute approximate surface area is 104 Å². The van der Waals surface area contributed by atoms with Crippen LogP contribution in [0.4, 0.5) is 0 Å². The quantitative estimate of drug-likeness (QED) is 0.818. The first kappa shape index (κ1) is 12.9. The maximum absolute atomic E-state index is 12.1. The van der Waals surface area contributed by atoms with E-state index in [1.807, 2.05) is 0 Å². The first-order valence-electron chi connectivity index (χ1n) is 5.29. The lowest BCUT2D eigenvalue weighted by atomic mass is 10.3. The van der Waals surface area contributed by atoms with Crippen molar-refractivity contribution in [1.82, 2.24) is 9.29 Å². The zero-order valence-electron chi connectivity index (χ0n) is 9.44. The summed E-state index contributed by atoms with van der Waals surface area (Å²) in [7, 11) is -3.66. The fourth-order valence-electron chi connectivity index (χ4n) is 1.58. The minimum Gasteiger partial charge on any atom is -0.478 e. The van der Waals surface area contributed by atoms with E-state index >= 15 is 0 Å². The number of carbonyl (C=O) groups is 1. The summed E-state index contributed by atoms with van der Waals surface area (Å²) in [5, 5.41) is 8.57. The summed E-state index contributed by atoms with van der Waals surface area (Å²) in [6, 6.07) is 2.43. The molecule has 1 aromatic heterocycles. The highest BCUT2D eigenvalue weighted by Crippen LogP contribution is 2.15. The molecule has 7 nitrogen and oxygen atoms in total. The van der Waals surface area contributed by atoms with Gasteiger partial charge in [0, 0.05) is 19.3 Å². The van der Waals surface area contributed by atoms with Crippen LogP contribution in [0.2, 0.25) is 0 Å². The number of hydrogen-bond donors (Lipinski definition) is 1. The molecule has 1 aliphatic heterocycles. The van der Waals surface area contributed by atoms with Gasteiger partial charge in [-0.15, -0.1) is 0 Å². The molecule has 0 atom stereocenters. The minimum absolute atomic E-state index is 0.0454. The van der Waals surface area contributed by atoms with E-state index in [9.17, 15) is 13.2 Å². The SMILES string of the molecule is O=C(O)c1ccc(S(=O)(=O)N2CCOCC2)nc1. The van der Waals surface area contributed by atoms with Crippen LogP contribution < -0.4 is 0 Å². The van der Waals surface area contributed by atoms with E-state index in [1.54, 1.807) is 0 Å². The number of pyridine rings is 1. The van der Waals surface area contributed by atoms with E-state index in [1.165, 1.54) is 16.4 Å². The smallest absolute Gasteiger partial charge is 0.337 e. The second-order valence-electron chi connectivity index (χ2n) is 3.71. The van der Waals surface area contributed by atoms with Crippen molar-refractivity contribution < 1.29 is 23.1 Å². The Morgan fingerprint density at radius 2 is 2.00 bits per heavy atom. The van der Waals surface area contributed by atoms with Gasteiger partial charge in [0.25, 0.3) is 10.0 Å². The van der Waals surface area contributed by atoms with Crippen LogP contribution in [0.15, 0.2) is 23.4 Å². The lowest BCUT2D eigenvalue weighted by Crippen LogP contribution is -2.40. The van der Waals surface area contributed by atoms with Crippen LogP contribution in [0, 0.1) is 0 Å². The number of ether oxygens (including phenoxy) is 1. The fraction of sp³-hybridized carbons (Fsp3) is 0.400. The average Bonchev–Trinajstić information content (AvgIpc) is 2.40. The summed E-state index contributed by atoms with van der Waals surface area (Å²) in [6.07, 6.45) is 1.04. The van der Waals surface area contributed by atoms with E-state index < -0.39 is 16.0 Å². The molecule has 18 heavy (non-hydrogen) atoms. The number of nitrogens with zero attached hydrogens (tertiary/aromatic N) is 2. The lowest BCUT2D eigenvalue weighted by molar-refractivity contribution is 0.0696. The normalized spacial score (nSPS) is 17.6. The van der Waals surface area contributed by atoms with Crippen LogP contribution in [0.3, 0.4) is 0 Å². The molecule has 1 aliphatic rings. The zero-order valence-corrected chi connectivity index (χ0v) is 10.3. The third-order valence-corrected chi connectivity index (χ3v) is 4.37. The van der Waals surface area contributed by atoms with Crippen molar-refractivity contribution >= 4 is 16.0 Å². The largest absolute Gasteiger partial charge is 0.478 e. The molecule has 2 rings (SSSR count). The first-order chi connectivity index (χ1) is 8.51. The maximum atomic E-state index is 12.1. The van der Waals surface area contributed by atoms with Crippen LogP contribution in [0.1, 0.15) is 10.4 Å². The molecular formula is C10H12N2O5S. The van der Waals surface area contributed by atoms with Crippen molar-refractivity contribution in [3.05, 3.63) is 23.9 Å². The van der Waals surface area contributed by atoms with Gasteiger partial charge in [0.15, 0.2) is 5.03 Å². The van der Waals surface area contributed by atoms with E-state index in [0.29, 0.717) is 13.2 Å². The molecule has 0 aliphatic carbocycles. The van der Waals surface area contributed by atoms with Crippen molar-refractivity contribution in [2.24, 2.45) is 0 Å². The predicted octanol–water partition coefficient (Wildman–Crippen LogP) is -0.199. The first-order valence-corrected chi connectivity index (χ1v) is 6.73. The molecule has 1 aromatic rings. The Balaban J connectivity index is 2.26. The van der Waals surface area contributed by atoms with Crippen LogP contribution in [-0.4, -0.2) is 55.1 Å². The Morgan fingerprint density at radius 3 is 2.50 bits per heavy atom. The molecule has 0 radical (unpaired) electrons.